The third kappa shape index (κ3) is 95.1. The first-order valence-electron chi connectivity index (χ1n) is 0.756. The van der Waals surface area contributed by atoms with E-state index in [4.69, 9.17) is 35.7 Å². The van der Waals surface area contributed by atoms with Crippen molar-refractivity contribution < 1.29 is 0 Å². The molecule has 0 aliphatic heterocycles. The Kier molecular flexibility index (Phi) is 45.0. The van der Waals surface area contributed by atoms with E-state index in [1.165, 1.54) is 0 Å². The Hall–Kier alpha value is 3.12. The van der Waals surface area contributed by atoms with E-state index in [1.807, 2.05) is 0 Å². The molecule has 0 bridgehead atoms. The summed E-state index contributed by atoms with van der Waals surface area (Å²) in [7, 11) is 20.1. The molecular formula is H4Cl8Sn. The molecule has 0 heterocycles. The fraction of sp³-hybridized carbons (Fsp3) is 0. The Morgan fingerprint density at radius 1 is 0.556 bits per heavy atom. The number of halogens is 8. The van der Waals surface area contributed by atoms with Crippen molar-refractivity contribution in [3.8, 4) is 0 Å². The Labute approximate surface area is 97.7 Å². The number of hydrogen-bond donors (Lipinski definition) is 0. The maximum absolute atomic E-state index is 5.04. The molecule has 0 radical (unpaired) electrons. The van der Waals surface area contributed by atoms with Crippen LogP contribution in [0.3, 0.4) is 0 Å². The van der Waals surface area contributed by atoms with E-state index in [0.29, 0.717) is 0 Å². The van der Waals surface area contributed by atoms with Gasteiger partial charge in [-0.15, -0.1) is 49.6 Å². The van der Waals surface area contributed by atoms with Crippen molar-refractivity contribution in [3.63, 3.8) is 0 Å². The molecule has 0 N–H and O–H groups in total. The van der Waals surface area contributed by atoms with Gasteiger partial charge in [0.25, 0.3) is 0 Å². The minimum atomic E-state index is -3.29. The van der Waals surface area contributed by atoms with Crippen molar-refractivity contribution >= 4 is 99.2 Å². The second kappa shape index (κ2) is 13.7. The Morgan fingerprint density at radius 3 is 0.556 bits per heavy atom. The van der Waals surface area contributed by atoms with Crippen LogP contribution in [-0.4, -0.2) is 13.9 Å². The van der Waals surface area contributed by atoms with Gasteiger partial charge in [0.05, 0.1) is 0 Å². The molecule has 0 unspecified atom stereocenters. The zero-order valence-corrected chi connectivity index (χ0v) is 12.8. The van der Waals surface area contributed by atoms with Crippen molar-refractivity contribution in [1.82, 2.24) is 0 Å². The minimum absolute atomic E-state index is 0. The molecule has 0 aliphatic rings. The van der Waals surface area contributed by atoms with Crippen LogP contribution in [0.4, 0.5) is 0 Å². The van der Waals surface area contributed by atoms with Gasteiger partial charge in [0.1, 0.15) is 0 Å². The molecule has 0 amide bonds. The molecule has 0 aromatic heterocycles. The third-order valence-electron chi connectivity index (χ3n) is 0. The van der Waals surface area contributed by atoms with E-state index in [9.17, 15) is 0 Å². The van der Waals surface area contributed by atoms with Crippen LogP contribution in [0.15, 0.2) is 0 Å². The predicted octanol–water partition coefficient (Wildman–Crippen LogP) is 4.06. The first-order chi connectivity index (χ1) is 2.00. The van der Waals surface area contributed by atoms with Gasteiger partial charge in [-0.25, -0.2) is 0 Å². The first kappa shape index (κ1) is 29.6. The Morgan fingerprint density at radius 2 is 0.556 bits per heavy atom. The number of hydrogen-bond acceptors (Lipinski definition) is 0. The molecule has 0 rings (SSSR count). The van der Waals surface area contributed by atoms with Gasteiger partial charge in [-0.1, -0.05) is 0 Å². The molecule has 0 atom stereocenters. The van der Waals surface area contributed by atoms with Crippen molar-refractivity contribution in [3.05, 3.63) is 0 Å². The van der Waals surface area contributed by atoms with Gasteiger partial charge in [-0.2, -0.15) is 0 Å². The zero-order valence-electron chi connectivity index (χ0n) is 3.64. The van der Waals surface area contributed by atoms with Crippen LogP contribution < -0.4 is 0 Å². The first-order valence-corrected chi connectivity index (χ1v) is 15.2. The summed E-state index contributed by atoms with van der Waals surface area (Å²) < 4.78 is 0. The van der Waals surface area contributed by atoms with Gasteiger partial charge >= 0.3 is 49.6 Å². The third-order valence-corrected chi connectivity index (χ3v) is 0. The maximum atomic E-state index is 5.04. The van der Waals surface area contributed by atoms with Crippen molar-refractivity contribution in [2.75, 3.05) is 0 Å². The molecule has 0 nitrogen and oxygen atoms in total. The quantitative estimate of drug-likeness (QED) is 0.533. The van der Waals surface area contributed by atoms with Crippen LogP contribution in [0.1, 0.15) is 0 Å². The molecule has 0 saturated heterocycles. The molecule has 0 saturated carbocycles. The van der Waals surface area contributed by atoms with Crippen LogP contribution in [0.2, 0.25) is 0 Å². The van der Waals surface area contributed by atoms with Gasteiger partial charge in [-0.3, -0.25) is 0 Å². The topological polar surface area (TPSA) is 0 Å². The van der Waals surface area contributed by atoms with Crippen molar-refractivity contribution in [1.29, 1.82) is 0 Å². The van der Waals surface area contributed by atoms with Gasteiger partial charge in [-0.05, 0) is 0 Å². The average Bonchev–Trinajstić information content (AvgIpc) is 0.722. The Bertz CT molecular complexity index is 20.0. The van der Waals surface area contributed by atoms with E-state index in [2.05, 4.69) is 0 Å². The second-order valence-electron chi connectivity index (χ2n) is 0.429. The van der Waals surface area contributed by atoms with Crippen LogP contribution in [0.25, 0.3) is 0 Å². The molecule has 9 heteroatoms. The molecule has 0 spiro atoms. The van der Waals surface area contributed by atoms with Crippen LogP contribution >= 0.6 is 85.3 Å². The SMILES string of the molecule is Cl.Cl.Cl.Cl.[Cl][Sn]([Cl])([Cl])[Cl]. The summed E-state index contributed by atoms with van der Waals surface area (Å²) in [4.78, 5) is 0. The normalized spacial score (nSPS) is 6.67. The summed E-state index contributed by atoms with van der Waals surface area (Å²) in [5.74, 6) is 0. The summed E-state index contributed by atoms with van der Waals surface area (Å²) in [5, 5.41) is 0. The van der Waals surface area contributed by atoms with Crippen LogP contribution in [-0.2, 0) is 0 Å². The van der Waals surface area contributed by atoms with Gasteiger partial charge < -0.3 is 0 Å². The molecule has 9 heavy (non-hydrogen) atoms. The molecule has 64 valence electrons. The summed E-state index contributed by atoms with van der Waals surface area (Å²) in [6, 6.07) is 0. The summed E-state index contributed by atoms with van der Waals surface area (Å²) in [6.45, 7) is 0. The van der Waals surface area contributed by atoms with E-state index in [-0.39, 0.29) is 49.6 Å². The predicted molar refractivity (Wildman–Crippen MR) is 58.2 cm³/mol. The number of rotatable bonds is 0. The van der Waals surface area contributed by atoms with Gasteiger partial charge in [0.2, 0.25) is 0 Å². The van der Waals surface area contributed by atoms with Crippen LogP contribution in [0, 0.1) is 0 Å². The standard InChI is InChI=1S/8ClH.Sn/h8*1H;/q;;;;;;;;+4/p-4. The molecular weight excluding hydrogens is 402 g/mol. The summed E-state index contributed by atoms with van der Waals surface area (Å²) >= 11 is -3.29. The summed E-state index contributed by atoms with van der Waals surface area (Å²) in [6.07, 6.45) is 0. The van der Waals surface area contributed by atoms with E-state index in [0.717, 1.165) is 0 Å². The fourth-order valence-corrected chi connectivity index (χ4v) is 0. The van der Waals surface area contributed by atoms with Crippen molar-refractivity contribution in [2.45, 2.75) is 0 Å². The van der Waals surface area contributed by atoms with Gasteiger partial charge in [0.15, 0.2) is 0 Å². The molecule has 0 aromatic carbocycles. The van der Waals surface area contributed by atoms with Crippen LogP contribution in [0.5, 0.6) is 0 Å². The van der Waals surface area contributed by atoms with Gasteiger partial charge in [0, 0.05) is 0 Å². The Balaban J connectivity index is -0.0000000133. The van der Waals surface area contributed by atoms with E-state index in [1.54, 1.807) is 0 Å². The monoisotopic (exact) mass is 404 g/mol. The zero-order chi connectivity index (χ0) is 4.50. The second-order valence-corrected chi connectivity index (χ2v) is 25.9. The molecule has 0 aromatic rings. The molecule has 0 fully saturated rings. The molecule has 0 aliphatic carbocycles. The van der Waals surface area contributed by atoms with Crippen molar-refractivity contribution in [2.24, 2.45) is 0 Å². The van der Waals surface area contributed by atoms with E-state index < -0.39 is 13.9 Å². The fourth-order valence-electron chi connectivity index (χ4n) is 0. The van der Waals surface area contributed by atoms with E-state index >= 15 is 0 Å². The average molecular weight is 406 g/mol. The summed E-state index contributed by atoms with van der Waals surface area (Å²) in [5.41, 5.74) is 0.